The minimum absolute atomic E-state index is 0.0880. The summed E-state index contributed by atoms with van der Waals surface area (Å²) in [4.78, 5) is 0. The lowest BCUT2D eigenvalue weighted by molar-refractivity contribution is 0.162. The van der Waals surface area contributed by atoms with Crippen LogP contribution in [-0.4, -0.2) is 29.2 Å². The van der Waals surface area contributed by atoms with E-state index >= 15 is 0 Å². The van der Waals surface area contributed by atoms with E-state index in [0.29, 0.717) is 0 Å². The lowest BCUT2D eigenvalue weighted by Crippen LogP contribution is -2.28. The van der Waals surface area contributed by atoms with Crippen LogP contribution in [0.1, 0.15) is 13.8 Å². The summed E-state index contributed by atoms with van der Waals surface area (Å²) in [7, 11) is 0. The molecule has 0 saturated carbocycles. The predicted octanol–water partition coefficient (Wildman–Crippen LogP) is -0.912. The van der Waals surface area contributed by atoms with Crippen LogP contribution in [0.2, 0.25) is 0 Å². The maximum atomic E-state index is 9.07. The summed E-state index contributed by atoms with van der Waals surface area (Å²) in [5.74, 6) is 0. The van der Waals surface area contributed by atoms with Crippen molar-refractivity contribution < 1.29 is 5.11 Å². The maximum Gasteiger partial charge on any atom is 0.288 e. The van der Waals surface area contributed by atoms with Crippen molar-refractivity contribution in [3.8, 4) is 0 Å². The molecule has 1 heterocycles. The molecule has 2 unspecified atom stereocenters. The fraction of sp³-hybridized carbons (Fsp3) is 1.00. The van der Waals surface area contributed by atoms with Crippen molar-refractivity contribution in [3.63, 3.8) is 0 Å². The van der Waals surface area contributed by atoms with Crippen molar-refractivity contribution in [2.45, 2.75) is 22.7 Å². The Balaban J connectivity index is 2.59. The zero-order chi connectivity index (χ0) is 5.71. The maximum absolute atomic E-state index is 9.07. The van der Waals surface area contributed by atoms with E-state index in [4.69, 9.17) is 10.8 Å². The number of hydrogen-bond acceptors (Lipinski definition) is 2. The Morgan fingerprint density at radius 2 is 1.71 bits per heavy atom. The van der Waals surface area contributed by atoms with Crippen LogP contribution >= 0.6 is 0 Å². The second kappa shape index (κ2) is 1.06. The predicted molar refractivity (Wildman–Crippen MR) is 29.0 cm³/mol. The van der Waals surface area contributed by atoms with Crippen molar-refractivity contribution in [2.24, 2.45) is 5.73 Å². The molecule has 0 aromatic carbocycles. The first-order chi connectivity index (χ1) is 2.96. The lowest BCUT2D eigenvalue weighted by Gasteiger charge is -2.09. The third-order valence-electron chi connectivity index (χ3n) is 1.59. The summed E-state index contributed by atoms with van der Waals surface area (Å²) in [6, 6.07) is 0. The van der Waals surface area contributed by atoms with Gasteiger partial charge in [0.05, 0.1) is 0 Å². The SMILES string of the molecule is C[C]1(N)[Al][C]1(C)O. The highest BCUT2D eigenvalue weighted by Crippen LogP contribution is 2.33. The third-order valence-corrected chi connectivity index (χ3v) is 3.62. The molecule has 0 bridgehead atoms. The fourth-order valence-electron chi connectivity index (χ4n) is 0.548. The van der Waals surface area contributed by atoms with Gasteiger partial charge in [-0.15, -0.1) is 0 Å². The van der Waals surface area contributed by atoms with Gasteiger partial charge in [-0.05, 0) is 4.40 Å². The molecule has 3 N–H and O–H groups in total. The van der Waals surface area contributed by atoms with Crippen LogP contribution in [0.25, 0.3) is 0 Å². The van der Waals surface area contributed by atoms with Gasteiger partial charge in [0.2, 0.25) is 0 Å². The molecular formula is C4H9AlNO. The van der Waals surface area contributed by atoms with Gasteiger partial charge in [-0.25, -0.2) is 0 Å². The van der Waals surface area contributed by atoms with Gasteiger partial charge in [-0.3, -0.25) is 0 Å². The summed E-state index contributed by atoms with van der Waals surface area (Å²) in [6.45, 7) is 3.69. The van der Waals surface area contributed by atoms with Crippen molar-refractivity contribution in [2.75, 3.05) is 0 Å². The first kappa shape index (κ1) is 5.59. The molecule has 1 rings (SSSR count). The molecule has 39 valence electrons. The minimum Gasteiger partial charge on any atom is -0.406 e. The normalized spacial score (nSPS) is 58.9. The van der Waals surface area contributed by atoms with E-state index in [9.17, 15) is 0 Å². The summed E-state index contributed by atoms with van der Waals surface area (Å²) in [5.41, 5.74) is 5.53. The number of nitrogens with two attached hydrogens (primary N) is 1. The van der Waals surface area contributed by atoms with Crippen molar-refractivity contribution in [3.05, 3.63) is 0 Å². The molecule has 7 heavy (non-hydrogen) atoms. The van der Waals surface area contributed by atoms with Gasteiger partial charge in [0.1, 0.15) is 0 Å². The quantitative estimate of drug-likeness (QED) is 0.400. The Kier molecular flexibility index (Phi) is 0.846. The smallest absolute Gasteiger partial charge is 0.288 e. The first-order valence-corrected chi connectivity index (χ1v) is 3.49. The molecule has 0 aromatic heterocycles. The zero-order valence-electron chi connectivity index (χ0n) is 4.60. The van der Waals surface area contributed by atoms with Gasteiger partial charge < -0.3 is 10.8 Å². The first-order valence-electron chi connectivity index (χ1n) is 2.34. The molecule has 0 aliphatic carbocycles. The van der Waals surface area contributed by atoms with Crippen LogP contribution in [0.4, 0.5) is 0 Å². The van der Waals surface area contributed by atoms with E-state index in [1.54, 1.807) is 6.92 Å². The molecule has 2 nitrogen and oxygen atoms in total. The van der Waals surface area contributed by atoms with Crippen molar-refractivity contribution >= 4 is 15.2 Å². The van der Waals surface area contributed by atoms with Crippen molar-refractivity contribution in [1.82, 2.24) is 0 Å². The molecule has 3 heteroatoms. The van der Waals surface area contributed by atoms with Gasteiger partial charge in [0.25, 0.3) is 15.2 Å². The average Bonchev–Trinajstić information content (AvgIpc) is 1.63. The largest absolute Gasteiger partial charge is 0.406 e. The lowest BCUT2D eigenvalue weighted by atomic mass is 10.2. The van der Waals surface area contributed by atoms with Gasteiger partial charge in [-0.1, -0.05) is 13.8 Å². The summed E-state index contributed by atoms with van der Waals surface area (Å²) >= 11 is 0.0880. The fourth-order valence-corrected chi connectivity index (χ4v) is 1.64. The van der Waals surface area contributed by atoms with Crippen LogP contribution in [0.5, 0.6) is 0 Å². The Hall–Kier alpha value is 0.452. The Labute approximate surface area is 49.4 Å². The van der Waals surface area contributed by atoms with E-state index in [2.05, 4.69) is 0 Å². The third kappa shape index (κ3) is 0.707. The molecule has 0 spiro atoms. The number of rotatable bonds is 0. The van der Waals surface area contributed by atoms with E-state index in [1.165, 1.54) is 0 Å². The van der Waals surface area contributed by atoms with Crippen LogP contribution in [0.3, 0.4) is 0 Å². The van der Waals surface area contributed by atoms with Gasteiger partial charge in [0, 0.05) is 4.46 Å². The summed E-state index contributed by atoms with van der Waals surface area (Å²) in [5, 5.41) is 9.07. The van der Waals surface area contributed by atoms with Gasteiger partial charge in [-0.2, -0.15) is 0 Å². The van der Waals surface area contributed by atoms with Gasteiger partial charge in [0.15, 0.2) is 0 Å². The molecule has 1 radical (unpaired) electrons. The van der Waals surface area contributed by atoms with Crippen LogP contribution in [-0.2, 0) is 0 Å². The van der Waals surface area contributed by atoms with Crippen LogP contribution < -0.4 is 5.73 Å². The van der Waals surface area contributed by atoms with Gasteiger partial charge >= 0.3 is 0 Å². The molecule has 0 aromatic rings. The molecule has 2 atom stereocenters. The molecule has 1 aliphatic heterocycles. The average molecular weight is 114 g/mol. The standard InChI is InChI=1S/C4H9NO.Al/c1-3(5)4(2)6;/h6H,5H2,1-2H3;. The highest BCUT2D eigenvalue weighted by atomic mass is 27.1. The molecule has 1 saturated heterocycles. The van der Waals surface area contributed by atoms with E-state index in [1.807, 2.05) is 6.92 Å². The Morgan fingerprint density at radius 3 is 1.71 bits per heavy atom. The van der Waals surface area contributed by atoms with Crippen molar-refractivity contribution in [1.29, 1.82) is 0 Å². The molecule has 1 aliphatic rings. The van der Waals surface area contributed by atoms with E-state index < -0.39 is 4.46 Å². The van der Waals surface area contributed by atoms with Crippen LogP contribution in [0.15, 0.2) is 0 Å². The number of hydrogen-bond donors (Lipinski definition) is 2. The van der Waals surface area contributed by atoms with E-state index in [0.717, 1.165) is 0 Å². The Bertz CT molecular complexity index is 87.9. The molecular weight excluding hydrogens is 105 g/mol. The highest BCUT2D eigenvalue weighted by molar-refractivity contribution is 6.59. The van der Waals surface area contributed by atoms with Crippen LogP contribution in [0, 0.1) is 0 Å². The monoisotopic (exact) mass is 114 g/mol. The summed E-state index contributed by atoms with van der Waals surface area (Å²) in [6.07, 6.45) is 0. The molecule has 1 fully saturated rings. The number of aliphatic hydroxyl groups is 1. The van der Waals surface area contributed by atoms with E-state index in [-0.39, 0.29) is 19.6 Å². The Morgan fingerprint density at radius 1 is 1.57 bits per heavy atom. The minimum atomic E-state index is -0.493. The second-order valence-electron chi connectivity index (χ2n) is 2.57. The highest BCUT2D eigenvalue weighted by Gasteiger charge is 2.58. The topological polar surface area (TPSA) is 46.2 Å². The zero-order valence-corrected chi connectivity index (χ0v) is 5.76. The summed E-state index contributed by atoms with van der Waals surface area (Å²) < 4.78 is -0.708. The second-order valence-corrected chi connectivity index (χ2v) is 5.19. The molecule has 0 amide bonds.